The van der Waals surface area contributed by atoms with Crippen LogP contribution in [0.1, 0.15) is 33.3 Å². The van der Waals surface area contributed by atoms with Crippen molar-refractivity contribution >= 4 is 16.5 Å². The van der Waals surface area contributed by atoms with Gasteiger partial charge in [-0.15, -0.1) is 0 Å². The van der Waals surface area contributed by atoms with Crippen molar-refractivity contribution in [1.29, 1.82) is 0 Å². The number of hydrogen-bond donors (Lipinski definition) is 1. The van der Waals surface area contributed by atoms with Crippen molar-refractivity contribution < 1.29 is 0 Å². The molecule has 2 aromatic rings. The second-order valence-corrected chi connectivity index (χ2v) is 6.90. The maximum atomic E-state index is 12.3. The van der Waals surface area contributed by atoms with Gasteiger partial charge in [-0.3, -0.25) is 4.79 Å². The molecule has 0 saturated carbocycles. The van der Waals surface area contributed by atoms with Crippen LogP contribution in [-0.2, 0) is 13.5 Å². The van der Waals surface area contributed by atoms with E-state index in [2.05, 4.69) is 39.1 Å². The summed E-state index contributed by atoms with van der Waals surface area (Å²) < 4.78 is 1.70. The zero-order valence-electron chi connectivity index (χ0n) is 13.9. The Balaban J connectivity index is 2.67. The Morgan fingerprint density at radius 3 is 2.48 bits per heavy atom. The molecule has 1 aromatic heterocycles. The molecule has 0 aliphatic heterocycles. The molecule has 2 rings (SSSR count). The topological polar surface area (TPSA) is 34.0 Å². The summed E-state index contributed by atoms with van der Waals surface area (Å²) in [6, 6.07) is 5.97. The van der Waals surface area contributed by atoms with E-state index in [0.717, 1.165) is 22.9 Å². The number of benzene rings is 1. The van der Waals surface area contributed by atoms with Crippen LogP contribution < -0.4 is 10.9 Å². The summed E-state index contributed by atoms with van der Waals surface area (Å²) in [7, 11) is 3.74. The van der Waals surface area contributed by atoms with E-state index in [-0.39, 0.29) is 11.0 Å². The Labute approximate surface area is 127 Å². The number of anilines is 1. The zero-order chi connectivity index (χ0) is 15.8. The molecule has 1 N–H and O–H groups in total. The molecule has 21 heavy (non-hydrogen) atoms. The molecule has 0 aliphatic carbocycles. The first-order chi connectivity index (χ1) is 9.76. The lowest BCUT2D eigenvalue weighted by Crippen LogP contribution is -2.24. The van der Waals surface area contributed by atoms with E-state index < -0.39 is 0 Å². The second kappa shape index (κ2) is 5.55. The largest absolute Gasteiger partial charge is 0.388 e. The third kappa shape index (κ3) is 2.97. The summed E-state index contributed by atoms with van der Waals surface area (Å²) in [4.78, 5) is 12.3. The van der Waals surface area contributed by atoms with Gasteiger partial charge < -0.3 is 9.88 Å². The predicted molar refractivity (Wildman–Crippen MR) is 91.1 cm³/mol. The maximum Gasteiger partial charge on any atom is 0.258 e. The van der Waals surface area contributed by atoms with Crippen LogP contribution in [0.15, 0.2) is 29.2 Å². The Morgan fingerprint density at radius 2 is 1.90 bits per heavy atom. The van der Waals surface area contributed by atoms with E-state index in [9.17, 15) is 4.79 Å². The highest BCUT2D eigenvalue weighted by molar-refractivity contribution is 5.87. The fourth-order valence-corrected chi connectivity index (χ4v) is 2.54. The predicted octanol–water partition coefficient (Wildman–Crippen LogP) is 3.80. The lowest BCUT2D eigenvalue weighted by molar-refractivity contribution is 0.248. The fraction of sp³-hybridized carbons (Fsp3) is 0.500. The first-order valence-corrected chi connectivity index (χ1v) is 7.56. The van der Waals surface area contributed by atoms with Gasteiger partial charge in [-0.1, -0.05) is 27.7 Å². The van der Waals surface area contributed by atoms with Crippen molar-refractivity contribution in [3.8, 4) is 0 Å². The third-order valence-electron chi connectivity index (χ3n) is 4.76. The summed E-state index contributed by atoms with van der Waals surface area (Å²) >= 11 is 0. The number of rotatable bonds is 4. The summed E-state index contributed by atoms with van der Waals surface area (Å²) in [5.74, 6) is 0.581. The molecule has 0 saturated heterocycles. The van der Waals surface area contributed by atoms with Crippen LogP contribution in [0.4, 0.5) is 5.69 Å². The molecule has 0 unspecified atom stereocenters. The van der Waals surface area contributed by atoms with Crippen LogP contribution in [0.3, 0.4) is 0 Å². The van der Waals surface area contributed by atoms with Gasteiger partial charge in [-0.2, -0.15) is 0 Å². The molecule has 3 nitrogen and oxygen atoms in total. The number of aryl methyl sites for hydroxylation is 1. The average molecular weight is 286 g/mol. The average Bonchev–Trinajstić information content (AvgIpc) is 2.43. The molecule has 3 heteroatoms. The summed E-state index contributed by atoms with van der Waals surface area (Å²) in [6.45, 7) is 9.08. The molecular formula is C18H26N2O. The van der Waals surface area contributed by atoms with Gasteiger partial charge in [0.2, 0.25) is 0 Å². The standard InChI is InChI=1S/C18H26N2O/c1-12(2)18(3,4)10-13-11-20(6)17(21)15-8-7-14(19-5)9-16(13)15/h7-9,11-12,19H,10H2,1-6H3. The van der Waals surface area contributed by atoms with Crippen LogP contribution >= 0.6 is 0 Å². The van der Waals surface area contributed by atoms with Crippen molar-refractivity contribution in [2.45, 2.75) is 34.1 Å². The number of fused-ring (bicyclic) bond motifs is 1. The quantitative estimate of drug-likeness (QED) is 0.927. The molecule has 1 aromatic carbocycles. The Hall–Kier alpha value is -1.77. The minimum Gasteiger partial charge on any atom is -0.388 e. The SMILES string of the molecule is CNc1ccc2c(=O)n(C)cc(CC(C)(C)C(C)C)c2c1. The summed E-state index contributed by atoms with van der Waals surface area (Å²) in [5, 5.41) is 5.02. The van der Waals surface area contributed by atoms with E-state index >= 15 is 0 Å². The molecule has 1 heterocycles. The molecule has 0 fully saturated rings. The minimum atomic E-state index is 0.0683. The van der Waals surface area contributed by atoms with E-state index in [1.165, 1.54) is 5.56 Å². The van der Waals surface area contributed by atoms with Gasteiger partial charge in [-0.05, 0) is 46.9 Å². The smallest absolute Gasteiger partial charge is 0.258 e. The Kier molecular flexibility index (Phi) is 4.13. The van der Waals surface area contributed by atoms with Crippen LogP contribution in [0.25, 0.3) is 10.8 Å². The summed E-state index contributed by atoms with van der Waals surface area (Å²) in [5.41, 5.74) is 2.54. The van der Waals surface area contributed by atoms with Crippen molar-refractivity contribution in [3.05, 3.63) is 40.3 Å². The molecular weight excluding hydrogens is 260 g/mol. The van der Waals surface area contributed by atoms with Crippen LogP contribution in [-0.4, -0.2) is 11.6 Å². The molecule has 0 radical (unpaired) electrons. The zero-order valence-corrected chi connectivity index (χ0v) is 13.9. The van der Waals surface area contributed by atoms with Gasteiger partial charge >= 0.3 is 0 Å². The fourth-order valence-electron chi connectivity index (χ4n) is 2.54. The summed E-state index contributed by atoms with van der Waals surface area (Å²) in [6.07, 6.45) is 2.96. The van der Waals surface area contributed by atoms with Crippen LogP contribution in [0.2, 0.25) is 0 Å². The minimum absolute atomic E-state index is 0.0683. The highest BCUT2D eigenvalue weighted by Gasteiger charge is 2.24. The first-order valence-electron chi connectivity index (χ1n) is 7.56. The third-order valence-corrected chi connectivity index (χ3v) is 4.76. The van der Waals surface area contributed by atoms with Gasteiger partial charge in [0, 0.05) is 31.4 Å². The second-order valence-electron chi connectivity index (χ2n) is 6.90. The van der Waals surface area contributed by atoms with Crippen LogP contribution in [0.5, 0.6) is 0 Å². The normalized spacial score (nSPS) is 12.1. The van der Waals surface area contributed by atoms with Gasteiger partial charge in [0.05, 0.1) is 0 Å². The lowest BCUT2D eigenvalue weighted by atomic mass is 9.76. The van der Waals surface area contributed by atoms with Crippen molar-refractivity contribution in [1.82, 2.24) is 4.57 Å². The molecule has 0 amide bonds. The molecule has 114 valence electrons. The number of nitrogens with one attached hydrogen (secondary N) is 1. The van der Waals surface area contributed by atoms with Crippen molar-refractivity contribution in [3.63, 3.8) is 0 Å². The monoisotopic (exact) mass is 286 g/mol. The van der Waals surface area contributed by atoms with E-state index in [1.54, 1.807) is 4.57 Å². The molecule has 0 bridgehead atoms. The lowest BCUT2D eigenvalue weighted by Gasteiger charge is -2.30. The van der Waals surface area contributed by atoms with E-state index in [1.807, 2.05) is 32.4 Å². The van der Waals surface area contributed by atoms with Gasteiger partial charge in [0.25, 0.3) is 5.56 Å². The maximum absolute atomic E-state index is 12.3. The first kappa shape index (κ1) is 15.6. The van der Waals surface area contributed by atoms with Crippen molar-refractivity contribution in [2.24, 2.45) is 18.4 Å². The highest BCUT2D eigenvalue weighted by Crippen LogP contribution is 2.33. The van der Waals surface area contributed by atoms with Crippen LogP contribution in [0, 0.1) is 11.3 Å². The molecule has 0 aliphatic rings. The highest BCUT2D eigenvalue weighted by atomic mass is 16.1. The number of nitrogens with zero attached hydrogens (tertiary/aromatic N) is 1. The number of hydrogen-bond acceptors (Lipinski definition) is 2. The van der Waals surface area contributed by atoms with Gasteiger partial charge in [0.15, 0.2) is 0 Å². The van der Waals surface area contributed by atoms with Crippen molar-refractivity contribution in [2.75, 3.05) is 12.4 Å². The van der Waals surface area contributed by atoms with E-state index in [0.29, 0.717) is 5.92 Å². The van der Waals surface area contributed by atoms with E-state index in [4.69, 9.17) is 0 Å². The Bertz CT molecular complexity index is 711. The number of aromatic nitrogens is 1. The molecule has 0 spiro atoms. The number of pyridine rings is 1. The van der Waals surface area contributed by atoms with Gasteiger partial charge in [0.1, 0.15) is 0 Å². The Morgan fingerprint density at radius 1 is 1.24 bits per heavy atom. The molecule has 0 atom stereocenters. The van der Waals surface area contributed by atoms with Gasteiger partial charge in [-0.25, -0.2) is 0 Å².